The predicted octanol–water partition coefficient (Wildman–Crippen LogP) is 7.34. The molecule has 16 nitrogen and oxygen atoms in total. The fourth-order valence-electron chi connectivity index (χ4n) is 10.5. The minimum absolute atomic E-state index is 0.0116. The first kappa shape index (κ1) is 51.6. The number of carbonyl (C=O) groups excluding carboxylic acids is 3. The summed E-state index contributed by atoms with van der Waals surface area (Å²) in [6.07, 6.45) is -5.25. The third-order valence-electron chi connectivity index (χ3n) is 14.7. The maximum absolute atomic E-state index is 15.6. The van der Waals surface area contributed by atoms with E-state index in [9.17, 15) is 32.3 Å². The Bertz CT molecular complexity index is 2660. The molecule has 0 unspecified atom stereocenters. The summed E-state index contributed by atoms with van der Waals surface area (Å²) in [6, 6.07) is 10.6. The highest BCUT2D eigenvalue weighted by Gasteiger charge is 2.66. The number of rotatable bonds is 12. The zero-order valence-electron chi connectivity index (χ0n) is 40.3. The van der Waals surface area contributed by atoms with Crippen molar-refractivity contribution in [1.82, 2.24) is 24.8 Å². The van der Waals surface area contributed by atoms with Crippen LogP contribution in [0.3, 0.4) is 0 Å². The van der Waals surface area contributed by atoms with Crippen LogP contribution in [0.1, 0.15) is 85.5 Å². The monoisotopic (exact) mass is 1020 g/mol. The second-order valence-corrected chi connectivity index (χ2v) is 22.3. The van der Waals surface area contributed by atoms with Crippen LogP contribution in [0.15, 0.2) is 60.7 Å². The Kier molecular flexibility index (Phi) is 14.3. The minimum atomic E-state index is -5.20. The molecule has 1 aromatic heterocycles. The number of amides is 4. The molecule has 2 aliphatic carbocycles. The summed E-state index contributed by atoms with van der Waals surface area (Å²) in [5, 5.41) is 14.8. The quantitative estimate of drug-likeness (QED) is 0.121. The average Bonchev–Trinajstić information content (AvgIpc) is 4.23. The van der Waals surface area contributed by atoms with Gasteiger partial charge < -0.3 is 34.3 Å². The highest BCUT2D eigenvalue weighted by molar-refractivity contribution is 7.91. The van der Waals surface area contributed by atoms with Gasteiger partial charge in [-0.3, -0.25) is 24.0 Å². The Morgan fingerprint density at radius 2 is 1.77 bits per heavy atom. The predicted molar refractivity (Wildman–Crippen MR) is 252 cm³/mol. The molecule has 386 valence electrons. The highest BCUT2D eigenvalue weighted by Crippen LogP contribution is 2.49. The van der Waals surface area contributed by atoms with Crippen LogP contribution >= 0.6 is 0 Å². The van der Waals surface area contributed by atoms with Crippen molar-refractivity contribution < 1.29 is 69.2 Å². The number of ether oxygens (including phenoxy) is 4. The van der Waals surface area contributed by atoms with Crippen molar-refractivity contribution in [2.45, 2.75) is 132 Å². The van der Waals surface area contributed by atoms with Crippen molar-refractivity contribution in [2.75, 3.05) is 33.5 Å². The van der Waals surface area contributed by atoms with Crippen LogP contribution in [0.5, 0.6) is 17.4 Å². The number of alkyl halides is 4. The van der Waals surface area contributed by atoms with Crippen molar-refractivity contribution in [1.29, 1.82) is 0 Å². The number of benzene rings is 2. The molecular formula is C50H61F4N5O11S. The van der Waals surface area contributed by atoms with Crippen LogP contribution in [0.2, 0.25) is 0 Å². The van der Waals surface area contributed by atoms with E-state index in [0.717, 1.165) is 4.90 Å². The molecular weight excluding hydrogens is 955 g/mol. The fourth-order valence-corrected chi connectivity index (χ4v) is 11.9. The molecule has 2 saturated carbocycles. The Balaban J connectivity index is 1.22. The number of methoxy groups -OCH3 is 1. The molecule has 3 aliphatic heterocycles. The number of nitrogens with one attached hydrogen (secondary N) is 2. The molecule has 5 aliphatic rings. The van der Waals surface area contributed by atoms with Gasteiger partial charge in [0, 0.05) is 29.9 Å². The van der Waals surface area contributed by atoms with Gasteiger partial charge in [0.05, 0.1) is 32.1 Å². The van der Waals surface area contributed by atoms with Gasteiger partial charge in [-0.15, -0.1) is 0 Å². The summed E-state index contributed by atoms with van der Waals surface area (Å²) in [5.74, 6) is -4.00. The first-order chi connectivity index (χ1) is 33.6. The first-order valence-corrected chi connectivity index (χ1v) is 25.6. The Morgan fingerprint density at radius 1 is 1.06 bits per heavy atom. The van der Waals surface area contributed by atoms with Crippen molar-refractivity contribution in [3.05, 3.63) is 60.7 Å². The van der Waals surface area contributed by atoms with E-state index in [-0.39, 0.29) is 67.9 Å². The Morgan fingerprint density at radius 3 is 2.39 bits per heavy atom. The van der Waals surface area contributed by atoms with Gasteiger partial charge in [-0.2, -0.15) is 13.2 Å². The third-order valence-corrected chi connectivity index (χ3v) is 16.8. The number of allylic oxidation sites excluding steroid dienone is 1. The number of sulfonamides is 1. The number of halogens is 4. The van der Waals surface area contributed by atoms with Crippen molar-refractivity contribution >= 4 is 44.6 Å². The van der Waals surface area contributed by atoms with E-state index in [1.54, 1.807) is 42.5 Å². The van der Waals surface area contributed by atoms with Crippen LogP contribution in [0, 0.1) is 17.8 Å². The van der Waals surface area contributed by atoms with Gasteiger partial charge in [0.2, 0.25) is 27.7 Å². The number of hydrogen-bond acceptors (Lipinski definition) is 11. The summed E-state index contributed by atoms with van der Waals surface area (Å²) in [7, 11) is -3.04. The summed E-state index contributed by atoms with van der Waals surface area (Å²) in [4.78, 5) is 64.4. The molecule has 3 N–H and O–H groups in total. The molecule has 0 radical (unpaired) electrons. The highest BCUT2D eigenvalue weighted by atomic mass is 32.2. The minimum Gasteiger partial charge on any atom is -0.497 e. The average molecular weight is 1020 g/mol. The molecule has 21 heteroatoms. The van der Waals surface area contributed by atoms with E-state index < -0.39 is 112 Å². The van der Waals surface area contributed by atoms with Crippen LogP contribution < -0.4 is 24.2 Å². The van der Waals surface area contributed by atoms with Crippen LogP contribution in [-0.2, 0) is 29.1 Å². The van der Waals surface area contributed by atoms with Gasteiger partial charge in [-0.1, -0.05) is 26.0 Å². The second-order valence-electron chi connectivity index (χ2n) is 20.2. The van der Waals surface area contributed by atoms with Crippen LogP contribution in [0.4, 0.5) is 22.4 Å². The molecule has 71 heavy (non-hydrogen) atoms. The van der Waals surface area contributed by atoms with Gasteiger partial charge in [0.25, 0.3) is 5.91 Å². The number of aromatic nitrogens is 1. The van der Waals surface area contributed by atoms with Gasteiger partial charge >= 0.3 is 12.3 Å². The Labute approximate surface area is 409 Å². The lowest BCUT2D eigenvalue weighted by molar-refractivity contribution is -0.260. The largest absolute Gasteiger partial charge is 0.497 e. The van der Waals surface area contributed by atoms with E-state index in [4.69, 9.17) is 23.9 Å². The molecule has 3 aromatic rings. The second kappa shape index (κ2) is 19.7. The number of carboxylic acid groups (broad SMARTS) is 1. The zero-order valence-corrected chi connectivity index (χ0v) is 41.1. The molecule has 2 aromatic carbocycles. The van der Waals surface area contributed by atoms with Gasteiger partial charge in [0.1, 0.15) is 46.6 Å². The lowest BCUT2D eigenvalue weighted by Gasteiger charge is -2.50. The van der Waals surface area contributed by atoms with Gasteiger partial charge in [-0.25, -0.2) is 22.6 Å². The third kappa shape index (κ3) is 10.1. The molecule has 4 heterocycles. The van der Waals surface area contributed by atoms with Gasteiger partial charge in [-0.05, 0) is 131 Å². The van der Waals surface area contributed by atoms with Crippen LogP contribution in [-0.4, -0.2) is 132 Å². The Hall–Kier alpha value is -5.70. The van der Waals surface area contributed by atoms with E-state index in [2.05, 4.69) is 5.32 Å². The van der Waals surface area contributed by atoms with E-state index in [1.165, 1.54) is 14.0 Å². The van der Waals surface area contributed by atoms with E-state index in [1.807, 2.05) is 43.7 Å². The maximum Gasteiger partial charge on any atom is 0.414 e. The van der Waals surface area contributed by atoms with Crippen molar-refractivity contribution in [3.8, 4) is 28.6 Å². The molecule has 0 spiro atoms. The molecule has 8 atom stereocenters. The topological polar surface area (TPSA) is 203 Å². The number of fused-ring (bicyclic) bond motifs is 3. The van der Waals surface area contributed by atoms with Crippen molar-refractivity contribution in [3.63, 3.8) is 0 Å². The number of hydrogen-bond donors (Lipinski definition) is 3. The number of nitrogens with zero attached hydrogens (tertiary/aromatic N) is 3. The number of carbonyl (C=O) groups is 4. The number of pyridine rings is 1. The SMILES string of the molecule is COc1ccc2c(O[C@@H]3C[C@H]4C(=O)N[C@]5(C(=O)NS(=O)(=O)C6(CF)CC6)C[C@H]5C=CCC[C@@H](C)C[C@@H](C)[C@H](N(C(=O)O)[C@]5(C(F)(F)F)CCCOC5)C(=O)N4C3)nc(-c3ccc(OC(C)C)cc3)cc2c1. The molecule has 0 bridgehead atoms. The molecule has 4 fully saturated rings. The molecule has 2 saturated heterocycles. The smallest absolute Gasteiger partial charge is 0.414 e. The van der Waals surface area contributed by atoms with Gasteiger partial charge in [0.15, 0.2) is 5.54 Å². The van der Waals surface area contributed by atoms with E-state index in [0.29, 0.717) is 46.4 Å². The van der Waals surface area contributed by atoms with E-state index >= 15 is 18.0 Å². The normalized spacial score (nSPS) is 29.0. The zero-order chi connectivity index (χ0) is 51.3. The summed E-state index contributed by atoms with van der Waals surface area (Å²) in [5.41, 5.74) is -3.88. The summed E-state index contributed by atoms with van der Waals surface area (Å²) >= 11 is 0. The van der Waals surface area contributed by atoms with Crippen molar-refractivity contribution in [2.24, 2.45) is 17.8 Å². The fraction of sp³-hybridized carbons (Fsp3) is 0.580. The van der Waals surface area contributed by atoms with Crippen LogP contribution in [0.25, 0.3) is 22.0 Å². The summed E-state index contributed by atoms with van der Waals surface area (Å²) < 4.78 is 111. The lowest BCUT2D eigenvalue weighted by Crippen LogP contribution is -2.71. The first-order valence-electron chi connectivity index (χ1n) is 24.1. The molecule has 4 amide bonds. The maximum atomic E-state index is 15.6. The molecule has 8 rings (SSSR count). The standard InChI is InChI=1S/C50H61F4N5O11S/c1-29(2)69-35-13-11-32(12-14-35)39-23-33-22-36(67-5)15-16-38(33)43(55-39)70-37-24-40-42(60)56-49(45(62)57-71(65,66)47(27-51)18-19-47)25-34(49)10-7-6-9-30(3)21-31(4)41(44(61)58(40)26-37)59(46(63)64)48(50(52,53)54)17-8-20-68-28-48/h7,10-16,22-23,29-31,34,37,40-41H,6,8-9,17-21,24-28H2,1-5H3,(H,56,60)(H,57,62)(H,63,64)/t30-,31-,34-,37-,40+,41+,48-,49-/m1/s1. The lowest BCUT2D eigenvalue weighted by atomic mass is 9.82. The summed E-state index contributed by atoms with van der Waals surface area (Å²) in [6.45, 7) is 4.36.